The summed E-state index contributed by atoms with van der Waals surface area (Å²) in [7, 11) is 0. The third-order valence-electron chi connectivity index (χ3n) is 6.30. The van der Waals surface area contributed by atoms with E-state index in [4.69, 9.17) is 4.98 Å². The van der Waals surface area contributed by atoms with Gasteiger partial charge in [0.25, 0.3) is 0 Å². The molecule has 0 saturated carbocycles. The smallest absolute Gasteiger partial charge is 0.159 e. The molecule has 0 aliphatic rings. The van der Waals surface area contributed by atoms with E-state index in [9.17, 15) is 5.11 Å². The van der Waals surface area contributed by atoms with Crippen molar-refractivity contribution in [3.8, 4) is 33.9 Å². The fourth-order valence-corrected chi connectivity index (χ4v) is 4.62. The number of para-hydroxylation sites is 1. The molecule has 0 saturated heterocycles. The molecule has 1 unspecified atom stereocenters. The first-order valence-electron chi connectivity index (χ1n) is 12.5. The summed E-state index contributed by atoms with van der Waals surface area (Å²) < 4.78 is 0. The van der Waals surface area contributed by atoms with Crippen molar-refractivity contribution in [1.82, 2.24) is 35.1 Å². The van der Waals surface area contributed by atoms with Crippen LogP contribution in [0.4, 0.5) is 5.69 Å². The Labute approximate surface area is 219 Å². The monoisotopic (exact) mass is 504 g/mol. The number of anilines is 1. The zero-order valence-electron chi connectivity index (χ0n) is 21.4. The number of aromatic nitrogens is 7. The van der Waals surface area contributed by atoms with Gasteiger partial charge in [-0.3, -0.25) is 15.1 Å². The summed E-state index contributed by atoms with van der Waals surface area (Å²) in [5.41, 5.74) is 7.39. The minimum absolute atomic E-state index is 0.000872. The molecule has 38 heavy (non-hydrogen) atoms. The quantitative estimate of drug-likeness (QED) is 0.211. The summed E-state index contributed by atoms with van der Waals surface area (Å²) in [6.45, 7) is 6.28. The van der Waals surface area contributed by atoms with Crippen LogP contribution in [0.2, 0.25) is 0 Å². The third-order valence-corrected chi connectivity index (χ3v) is 6.30. The van der Waals surface area contributed by atoms with Crippen LogP contribution < -0.4 is 5.32 Å². The van der Waals surface area contributed by atoms with Crippen LogP contribution in [0.15, 0.2) is 73.3 Å². The minimum Gasteiger partial charge on any atom is -0.374 e. The Balaban J connectivity index is 1.36. The summed E-state index contributed by atoms with van der Waals surface area (Å²) in [5, 5.41) is 22.0. The molecule has 0 spiro atoms. The molecule has 0 aliphatic heterocycles. The molecule has 6 aromatic rings. The van der Waals surface area contributed by atoms with Crippen LogP contribution >= 0.6 is 0 Å². The summed E-state index contributed by atoms with van der Waals surface area (Å²) in [6, 6.07) is 15.8. The number of aromatic amines is 2. The maximum atomic E-state index is 10.4. The van der Waals surface area contributed by atoms with E-state index in [1.54, 1.807) is 24.8 Å². The summed E-state index contributed by atoms with van der Waals surface area (Å²) in [4.78, 5) is 21.8. The van der Waals surface area contributed by atoms with Crippen LogP contribution in [0.3, 0.4) is 0 Å². The van der Waals surface area contributed by atoms with Crippen molar-refractivity contribution < 1.29 is 5.11 Å². The molecule has 4 N–H and O–H groups in total. The maximum absolute atomic E-state index is 10.4. The van der Waals surface area contributed by atoms with Crippen LogP contribution in [-0.2, 0) is 0 Å². The molecule has 5 aromatic heterocycles. The lowest BCUT2D eigenvalue weighted by molar-refractivity contribution is 0.145. The van der Waals surface area contributed by atoms with E-state index < -0.39 is 6.23 Å². The average molecular weight is 505 g/mol. The van der Waals surface area contributed by atoms with Crippen LogP contribution in [0, 0.1) is 5.41 Å². The number of imidazole rings is 1. The second-order valence-corrected chi connectivity index (χ2v) is 10.6. The number of benzene rings is 1. The number of hydrogen-bond donors (Lipinski definition) is 4. The van der Waals surface area contributed by atoms with Crippen LogP contribution in [0.5, 0.6) is 0 Å². The first-order chi connectivity index (χ1) is 18.3. The second-order valence-electron chi connectivity index (χ2n) is 10.6. The number of aliphatic hydroxyl groups excluding tert-OH is 1. The normalized spacial score (nSPS) is 12.7. The standard InChI is InChI=1S/C29H28N8O/c1-29(2,3)13-24(38)33-19-11-17(14-30-16-19)18-12-21-26(36-37-27(21)32-15-18)28-34-23-9-6-7-20(25(23)35-28)22-8-4-5-10-31-22/h4-12,14-16,24,33,38H,13H2,1-3H3,(H,34,35)(H,32,36,37). The molecule has 9 nitrogen and oxygen atoms in total. The van der Waals surface area contributed by atoms with Gasteiger partial charge in [0.1, 0.15) is 11.9 Å². The summed E-state index contributed by atoms with van der Waals surface area (Å²) in [5.74, 6) is 0.646. The zero-order chi connectivity index (χ0) is 26.3. The van der Waals surface area contributed by atoms with Gasteiger partial charge in [-0.2, -0.15) is 5.10 Å². The molecule has 1 atom stereocenters. The van der Waals surface area contributed by atoms with Crippen molar-refractivity contribution >= 4 is 27.8 Å². The van der Waals surface area contributed by atoms with E-state index in [0.29, 0.717) is 23.6 Å². The topological polar surface area (TPSA) is 128 Å². The molecule has 0 amide bonds. The molecule has 190 valence electrons. The van der Waals surface area contributed by atoms with Crippen molar-refractivity contribution in [2.45, 2.75) is 33.4 Å². The molecule has 6 rings (SSSR count). The Morgan fingerprint density at radius 1 is 0.974 bits per heavy atom. The SMILES string of the molecule is CC(C)(C)CC(O)Nc1cncc(-c2cnc3[nH]nc(-c4nc5c(-c6ccccn6)cccc5[nH]4)c3c2)c1. The fraction of sp³-hybridized carbons (Fsp3) is 0.207. The predicted molar refractivity (Wildman–Crippen MR) is 149 cm³/mol. The number of hydrogen-bond acceptors (Lipinski definition) is 7. The van der Waals surface area contributed by atoms with E-state index in [1.165, 1.54) is 0 Å². The van der Waals surface area contributed by atoms with Crippen LogP contribution in [-0.4, -0.2) is 46.5 Å². The molecule has 1 aromatic carbocycles. The molecule has 0 bridgehead atoms. The van der Waals surface area contributed by atoms with Gasteiger partial charge in [-0.15, -0.1) is 0 Å². The van der Waals surface area contributed by atoms with Gasteiger partial charge in [0.2, 0.25) is 0 Å². The number of rotatable bonds is 6. The highest BCUT2D eigenvalue weighted by Crippen LogP contribution is 2.32. The van der Waals surface area contributed by atoms with Gasteiger partial charge >= 0.3 is 0 Å². The van der Waals surface area contributed by atoms with Crippen molar-refractivity contribution in [3.63, 3.8) is 0 Å². The van der Waals surface area contributed by atoms with Crippen LogP contribution in [0.1, 0.15) is 27.2 Å². The molecule has 0 radical (unpaired) electrons. The van der Waals surface area contributed by atoms with E-state index in [2.05, 4.69) is 56.2 Å². The van der Waals surface area contributed by atoms with Crippen molar-refractivity contribution in [2.75, 3.05) is 5.32 Å². The van der Waals surface area contributed by atoms with E-state index in [1.807, 2.05) is 48.5 Å². The molecule has 0 aliphatic carbocycles. The van der Waals surface area contributed by atoms with Gasteiger partial charge < -0.3 is 15.4 Å². The van der Waals surface area contributed by atoms with E-state index in [-0.39, 0.29) is 5.41 Å². The summed E-state index contributed by atoms with van der Waals surface area (Å²) in [6.07, 6.45) is 7.00. The van der Waals surface area contributed by atoms with Gasteiger partial charge in [-0.05, 0) is 42.2 Å². The highest BCUT2D eigenvalue weighted by molar-refractivity contribution is 5.96. The van der Waals surface area contributed by atoms with E-state index >= 15 is 0 Å². The van der Waals surface area contributed by atoms with Crippen molar-refractivity contribution in [2.24, 2.45) is 5.41 Å². The lowest BCUT2D eigenvalue weighted by atomic mass is 9.91. The fourth-order valence-electron chi connectivity index (χ4n) is 4.62. The number of pyridine rings is 3. The minimum atomic E-state index is -0.669. The Kier molecular flexibility index (Phi) is 5.84. The first-order valence-corrected chi connectivity index (χ1v) is 12.5. The number of nitrogens with one attached hydrogen (secondary N) is 3. The van der Waals surface area contributed by atoms with Gasteiger partial charge in [0.05, 0.1) is 34.0 Å². The van der Waals surface area contributed by atoms with Gasteiger partial charge in [0, 0.05) is 35.3 Å². The number of aliphatic hydroxyl groups is 1. The molecule has 0 fully saturated rings. The highest BCUT2D eigenvalue weighted by Gasteiger charge is 2.18. The molecule has 9 heteroatoms. The predicted octanol–water partition coefficient (Wildman–Crippen LogP) is 5.79. The Morgan fingerprint density at radius 3 is 2.66 bits per heavy atom. The summed E-state index contributed by atoms with van der Waals surface area (Å²) >= 11 is 0. The molecule has 5 heterocycles. The highest BCUT2D eigenvalue weighted by atomic mass is 16.3. The lowest BCUT2D eigenvalue weighted by Gasteiger charge is -2.23. The van der Waals surface area contributed by atoms with Gasteiger partial charge in [-0.25, -0.2) is 9.97 Å². The van der Waals surface area contributed by atoms with Crippen LogP contribution in [0.25, 0.3) is 56.0 Å². The van der Waals surface area contributed by atoms with Gasteiger partial charge in [0.15, 0.2) is 11.5 Å². The number of nitrogens with zero attached hydrogens (tertiary/aromatic N) is 5. The Hall–Kier alpha value is -4.63. The lowest BCUT2D eigenvalue weighted by Crippen LogP contribution is -2.25. The largest absolute Gasteiger partial charge is 0.374 e. The Bertz CT molecular complexity index is 1730. The second kappa shape index (κ2) is 9.35. The van der Waals surface area contributed by atoms with Crippen molar-refractivity contribution in [3.05, 3.63) is 73.3 Å². The Morgan fingerprint density at radius 2 is 1.84 bits per heavy atom. The van der Waals surface area contributed by atoms with Crippen molar-refractivity contribution in [1.29, 1.82) is 0 Å². The molecular weight excluding hydrogens is 476 g/mol. The first kappa shape index (κ1) is 23.7. The van der Waals surface area contributed by atoms with Gasteiger partial charge in [-0.1, -0.05) is 39.0 Å². The van der Waals surface area contributed by atoms with E-state index in [0.717, 1.165) is 44.5 Å². The third kappa shape index (κ3) is 4.71. The average Bonchev–Trinajstić information content (AvgIpc) is 3.51. The maximum Gasteiger partial charge on any atom is 0.159 e. The number of fused-ring (bicyclic) bond motifs is 2. The number of H-pyrrole nitrogens is 2. The zero-order valence-corrected chi connectivity index (χ0v) is 21.4. The molecular formula is C29H28N8O.